The van der Waals surface area contributed by atoms with Crippen molar-refractivity contribution in [2.45, 2.75) is 53.0 Å². The molecule has 1 aromatic rings. The van der Waals surface area contributed by atoms with Crippen LogP contribution in [0.1, 0.15) is 62.4 Å². The summed E-state index contributed by atoms with van der Waals surface area (Å²) in [6.45, 7) is 11.5. The van der Waals surface area contributed by atoms with E-state index in [2.05, 4.69) is 36.3 Å². The SMILES string of the molecule is CCCC1(C)CCCN(C(=NCc2ccc(C(=O)N3CCNC(=O)C3)cc2)NCC)C1.I. The fraction of sp³-hybridized carbons (Fsp3) is 0.625. The van der Waals surface area contributed by atoms with E-state index in [0.29, 0.717) is 30.6 Å². The number of guanidine groups is 1. The highest BCUT2D eigenvalue weighted by atomic mass is 127. The topological polar surface area (TPSA) is 77.0 Å². The van der Waals surface area contributed by atoms with Gasteiger partial charge in [0, 0.05) is 38.3 Å². The third-order valence-electron chi connectivity index (χ3n) is 6.21. The molecule has 2 amide bonds. The van der Waals surface area contributed by atoms with Crippen LogP contribution in [-0.2, 0) is 11.3 Å². The third kappa shape index (κ3) is 7.08. The Bertz CT molecular complexity index is 794. The second kappa shape index (κ2) is 12.4. The van der Waals surface area contributed by atoms with Crippen LogP contribution >= 0.6 is 24.0 Å². The van der Waals surface area contributed by atoms with E-state index in [1.54, 1.807) is 4.90 Å². The van der Waals surface area contributed by atoms with E-state index in [0.717, 1.165) is 31.2 Å². The lowest BCUT2D eigenvalue weighted by Crippen LogP contribution is -2.50. The largest absolute Gasteiger partial charge is 0.357 e. The Kier molecular flexibility index (Phi) is 10.2. The summed E-state index contributed by atoms with van der Waals surface area (Å²) in [6, 6.07) is 7.60. The van der Waals surface area contributed by atoms with Crippen LogP contribution in [0.2, 0.25) is 0 Å². The summed E-state index contributed by atoms with van der Waals surface area (Å²) in [6.07, 6.45) is 4.94. The van der Waals surface area contributed by atoms with Crippen molar-refractivity contribution in [3.63, 3.8) is 0 Å². The Labute approximate surface area is 209 Å². The van der Waals surface area contributed by atoms with E-state index in [-0.39, 0.29) is 42.3 Å². The van der Waals surface area contributed by atoms with Gasteiger partial charge in [-0.25, -0.2) is 4.99 Å². The minimum absolute atomic E-state index is 0. The van der Waals surface area contributed by atoms with E-state index < -0.39 is 0 Å². The van der Waals surface area contributed by atoms with E-state index in [1.165, 1.54) is 25.7 Å². The summed E-state index contributed by atoms with van der Waals surface area (Å²) in [7, 11) is 0. The number of carbonyl (C=O) groups is 2. The molecular formula is C24H38IN5O2. The highest BCUT2D eigenvalue weighted by Gasteiger charge is 2.31. The predicted molar refractivity (Wildman–Crippen MR) is 139 cm³/mol. The molecule has 2 N–H and O–H groups in total. The summed E-state index contributed by atoms with van der Waals surface area (Å²) in [5.74, 6) is 0.778. The lowest BCUT2D eigenvalue weighted by molar-refractivity contribution is -0.123. The second-order valence-electron chi connectivity index (χ2n) is 9.03. The van der Waals surface area contributed by atoms with Crippen molar-refractivity contribution in [3.05, 3.63) is 35.4 Å². The zero-order chi connectivity index (χ0) is 22.3. The number of nitrogens with zero attached hydrogens (tertiary/aromatic N) is 3. The molecule has 2 fully saturated rings. The van der Waals surface area contributed by atoms with E-state index >= 15 is 0 Å². The molecule has 0 spiro atoms. The van der Waals surface area contributed by atoms with Crippen molar-refractivity contribution >= 4 is 41.8 Å². The maximum Gasteiger partial charge on any atom is 0.254 e. The lowest BCUT2D eigenvalue weighted by atomic mass is 9.78. The van der Waals surface area contributed by atoms with Gasteiger partial charge in [-0.1, -0.05) is 32.4 Å². The molecule has 0 aliphatic carbocycles. The van der Waals surface area contributed by atoms with Crippen LogP contribution in [0.25, 0.3) is 0 Å². The predicted octanol–water partition coefficient (Wildman–Crippen LogP) is 3.24. The summed E-state index contributed by atoms with van der Waals surface area (Å²) < 4.78 is 0. The number of carbonyl (C=O) groups excluding carboxylic acids is 2. The standard InChI is InChI=1S/C24H37N5O2.HI/c1-4-11-24(3)12-6-14-29(18-24)23(25-5-2)27-16-19-7-9-20(10-8-19)22(31)28-15-13-26-21(30)17-28;/h7-10H,4-6,11-18H2,1-3H3,(H,25,27)(H,26,30);1H. The molecular weight excluding hydrogens is 517 g/mol. The molecule has 2 saturated heterocycles. The fourth-order valence-electron chi connectivity index (χ4n) is 4.64. The molecule has 1 unspecified atom stereocenters. The van der Waals surface area contributed by atoms with Gasteiger partial charge in [-0.05, 0) is 49.3 Å². The first kappa shape index (κ1) is 26.4. The molecule has 1 atom stereocenters. The first-order valence-electron chi connectivity index (χ1n) is 11.6. The molecule has 2 heterocycles. The summed E-state index contributed by atoms with van der Waals surface area (Å²) >= 11 is 0. The van der Waals surface area contributed by atoms with Crippen LogP contribution in [0.5, 0.6) is 0 Å². The van der Waals surface area contributed by atoms with Gasteiger partial charge in [-0.2, -0.15) is 0 Å². The van der Waals surface area contributed by atoms with Crippen molar-refractivity contribution in [1.29, 1.82) is 0 Å². The molecule has 0 aromatic heterocycles. The molecule has 7 nitrogen and oxygen atoms in total. The fourth-order valence-corrected chi connectivity index (χ4v) is 4.64. The number of hydrogen-bond donors (Lipinski definition) is 2. The highest BCUT2D eigenvalue weighted by Crippen LogP contribution is 2.34. The van der Waals surface area contributed by atoms with Gasteiger partial charge in [0.1, 0.15) is 0 Å². The maximum absolute atomic E-state index is 12.6. The Morgan fingerprint density at radius 1 is 1.19 bits per heavy atom. The number of nitrogens with one attached hydrogen (secondary N) is 2. The van der Waals surface area contributed by atoms with Crippen LogP contribution in [0.4, 0.5) is 0 Å². The molecule has 2 aliphatic heterocycles. The number of piperazine rings is 1. The van der Waals surface area contributed by atoms with Gasteiger partial charge in [-0.3, -0.25) is 9.59 Å². The number of piperidine rings is 1. The van der Waals surface area contributed by atoms with Crippen molar-refractivity contribution in [2.24, 2.45) is 10.4 Å². The molecule has 8 heteroatoms. The molecule has 3 rings (SSSR count). The van der Waals surface area contributed by atoms with Crippen LogP contribution in [0, 0.1) is 5.41 Å². The van der Waals surface area contributed by atoms with Gasteiger partial charge in [0.2, 0.25) is 5.91 Å². The zero-order valence-corrected chi connectivity index (χ0v) is 22.0. The summed E-state index contributed by atoms with van der Waals surface area (Å²) in [5, 5.41) is 6.20. The van der Waals surface area contributed by atoms with E-state index in [4.69, 9.17) is 4.99 Å². The number of aliphatic imine (C=N–C) groups is 1. The molecule has 0 saturated carbocycles. The van der Waals surface area contributed by atoms with Crippen LogP contribution in [0.3, 0.4) is 0 Å². The van der Waals surface area contributed by atoms with E-state index in [9.17, 15) is 9.59 Å². The quantitative estimate of drug-likeness (QED) is 0.321. The average Bonchev–Trinajstić information content (AvgIpc) is 2.76. The number of hydrogen-bond acceptors (Lipinski definition) is 3. The molecule has 0 radical (unpaired) electrons. The number of likely N-dealkylation sites (tertiary alicyclic amines) is 1. The van der Waals surface area contributed by atoms with Gasteiger partial charge in [0.25, 0.3) is 5.91 Å². The van der Waals surface area contributed by atoms with Gasteiger partial charge in [-0.15, -0.1) is 24.0 Å². The number of halogens is 1. The monoisotopic (exact) mass is 555 g/mol. The third-order valence-corrected chi connectivity index (χ3v) is 6.21. The van der Waals surface area contributed by atoms with Gasteiger partial charge >= 0.3 is 0 Å². The van der Waals surface area contributed by atoms with Gasteiger partial charge in [0.05, 0.1) is 13.1 Å². The van der Waals surface area contributed by atoms with Crippen molar-refractivity contribution < 1.29 is 9.59 Å². The highest BCUT2D eigenvalue weighted by molar-refractivity contribution is 14.0. The first-order chi connectivity index (χ1) is 14.9. The first-order valence-corrected chi connectivity index (χ1v) is 11.6. The average molecular weight is 556 g/mol. The zero-order valence-electron chi connectivity index (χ0n) is 19.7. The summed E-state index contributed by atoms with van der Waals surface area (Å²) in [4.78, 5) is 33.1. The second-order valence-corrected chi connectivity index (χ2v) is 9.03. The maximum atomic E-state index is 12.6. The minimum Gasteiger partial charge on any atom is -0.357 e. The van der Waals surface area contributed by atoms with Gasteiger partial charge in [0.15, 0.2) is 5.96 Å². The molecule has 0 bridgehead atoms. The van der Waals surface area contributed by atoms with Gasteiger partial charge < -0.3 is 20.4 Å². The van der Waals surface area contributed by atoms with E-state index in [1.807, 2.05) is 24.3 Å². The van der Waals surface area contributed by atoms with Crippen LogP contribution < -0.4 is 10.6 Å². The molecule has 2 aliphatic rings. The number of amides is 2. The van der Waals surface area contributed by atoms with Crippen molar-refractivity contribution in [3.8, 4) is 0 Å². The normalized spacial score (nSPS) is 21.6. The Hall–Kier alpha value is -1.84. The molecule has 32 heavy (non-hydrogen) atoms. The lowest BCUT2D eigenvalue weighted by Gasteiger charge is -2.42. The Morgan fingerprint density at radius 3 is 2.59 bits per heavy atom. The summed E-state index contributed by atoms with van der Waals surface area (Å²) in [5.41, 5.74) is 2.04. The molecule has 1 aromatic carbocycles. The number of rotatable bonds is 6. The van der Waals surface area contributed by atoms with Crippen LogP contribution in [0.15, 0.2) is 29.3 Å². The smallest absolute Gasteiger partial charge is 0.254 e. The van der Waals surface area contributed by atoms with Crippen LogP contribution in [-0.4, -0.2) is 66.8 Å². The number of benzene rings is 1. The van der Waals surface area contributed by atoms with Crippen molar-refractivity contribution in [2.75, 3.05) is 39.3 Å². The van der Waals surface area contributed by atoms with Crippen molar-refractivity contribution in [1.82, 2.24) is 20.4 Å². The Balaban J connectivity index is 0.00000363. The minimum atomic E-state index is -0.103. The Morgan fingerprint density at radius 2 is 1.94 bits per heavy atom. The molecule has 178 valence electrons.